The maximum Gasteiger partial charge on any atom is 0.422 e. The number of esters is 2. The summed E-state index contributed by atoms with van der Waals surface area (Å²) in [6.45, 7) is -1.69. The molecule has 0 radical (unpaired) electrons. The van der Waals surface area contributed by atoms with E-state index in [0.717, 1.165) is 31.8 Å². The van der Waals surface area contributed by atoms with Crippen molar-refractivity contribution in [3.05, 3.63) is 53.1 Å². The summed E-state index contributed by atoms with van der Waals surface area (Å²) in [7, 11) is 0. The van der Waals surface area contributed by atoms with Gasteiger partial charge in [-0.05, 0) is 55.5 Å². The molecule has 244 valence electrons. The van der Waals surface area contributed by atoms with E-state index >= 15 is 0 Å². The molecule has 3 N–H and O–H groups in total. The summed E-state index contributed by atoms with van der Waals surface area (Å²) in [5.41, 5.74) is 0.951. The number of amides is 2. The van der Waals surface area contributed by atoms with Gasteiger partial charge in [-0.15, -0.1) is 0 Å². The van der Waals surface area contributed by atoms with Crippen LogP contribution in [0.5, 0.6) is 0 Å². The van der Waals surface area contributed by atoms with Gasteiger partial charge in [0, 0.05) is 49.4 Å². The van der Waals surface area contributed by atoms with Crippen molar-refractivity contribution in [2.45, 2.75) is 68.8 Å². The maximum atomic E-state index is 13.2. The minimum Gasteiger partial charge on any atom is -0.456 e. The van der Waals surface area contributed by atoms with E-state index in [0.29, 0.717) is 11.1 Å². The first-order valence-corrected chi connectivity index (χ1v) is 14.9. The highest BCUT2D eigenvalue weighted by Gasteiger charge is 2.64. The quantitative estimate of drug-likeness (QED) is 0.219. The molecule has 3 fully saturated rings. The normalized spacial score (nSPS) is 24.0. The maximum absolute atomic E-state index is 13.2. The molecule has 1 aromatic carbocycles. The van der Waals surface area contributed by atoms with E-state index < -0.39 is 54.7 Å². The molecule has 0 bridgehead atoms. The van der Waals surface area contributed by atoms with Gasteiger partial charge in [-0.2, -0.15) is 13.2 Å². The number of carbonyl (C=O) groups is 4. The molecule has 1 saturated heterocycles. The topological polar surface area (TPSA) is 149 Å². The number of nitrogens with one attached hydrogen (secondary N) is 2. The molecule has 1 aliphatic heterocycles. The first kappa shape index (κ1) is 32.6. The van der Waals surface area contributed by atoms with Crippen LogP contribution in [-0.2, 0) is 33.3 Å². The number of hydrogen-bond acceptors (Lipinski definition) is 9. The first-order chi connectivity index (χ1) is 21.5. The molecule has 0 aromatic heterocycles. The van der Waals surface area contributed by atoms with E-state index in [-0.39, 0.29) is 55.8 Å². The van der Waals surface area contributed by atoms with Crippen molar-refractivity contribution in [3.8, 4) is 0 Å². The SMILES string of the molecule is O=C(CCNC(=O)C1=C[C@H]2OC(C3CC3)(C3CC3)O[C@H]2[C@H](OC(=O)c2ccc(C=CC(=O)OCC(F)(F)F)cc2)C1)NCCO. The molecule has 45 heavy (non-hydrogen) atoms. The van der Waals surface area contributed by atoms with Crippen molar-refractivity contribution in [2.24, 2.45) is 11.8 Å². The minimum atomic E-state index is -4.63. The van der Waals surface area contributed by atoms with Crippen molar-refractivity contribution in [3.63, 3.8) is 0 Å². The predicted molar refractivity (Wildman–Crippen MR) is 150 cm³/mol. The van der Waals surface area contributed by atoms with Gasteiger partial charge in [0.1, 0.15) is 18.3 Å². The summed E-state index contributed by atoms with van der Waals surface area (Å²) in [6.07, 6.45) is 1.07. The number of ether oxygens (including phenoxy) is 4. The fraction of sp³-hybridized carbons (Fsp3) is 0.548. The third-order valence-electron chi connectivity index (χ3n) is 7.97. The zero-order valence-electron chi connectivity index (χ0n) is 24.3. The van der Waals surface area contributed by atoms with Gasteiger partial charge in [-0.1, -0.05) is 12.1 Å². The highest BCUT2D eigenvalue weighted by Crippen LogP contribution is 2.59. The van der Waals surface area contributed by atoms with Crippen LogP contribution in [0, 0.1) is 11.8 Å². The number of aliphatic hydroxyl groups is 1. The molecule has 3 aliphatic carbocycles. The smallest absolute Gasteiger partial charge is 0.422 e. The monoisotopic (exact) mass is 636 g/mol. The van der Waals surface area contributed by atoms with Gasteiger partial charge in [0.05, 0.1) is 12.2 Å². The van der Waals surface area contributed by atoms with Gasteiger partial charge in [-0.25, -0.2) is 9.59 Å². The molecule has 1 aromatic rings. The zero-order valence-corrected chi connectivity index (χ0v) is 24.3. The fourth-order valence-corrected chi connectivity index (χ4v) is 5.56. The Bertz CT molecular complexity index is 1320. The van der Waals surface area contributed by atoms with E-state index in [1.807, 2.05) is 0 Å². The lowest BCUT2D eigenvalue weighted by Gasteiger charge is -2.31. The largest absolute Gasteiger partial charge is 0.456 e. The van der Waals surface area contributed by atoms with Gasteiger partial charge < -0.3 is 34.7 Å². The van der Waals surface area contributed by atoms with Gasteiger partial charge in [0.25, 0.3) is 0 Å². The molecule has 1 heterocycles. The number of rotatable bonds is 13. The second kappa shape index (κ2) is 13.7. The molecule has 0 spiro atoms. The number of benzene rings is 1. The number of carbonyl (C=O) groups excluding carboxylic acids is 4. The Balaban J connectivity index is 1.24. The van der Waals surface area contributed by atoms with Crippen LogP contribution < -0.4 is 10.6 Å². The molecule has 14 heteroatoms. The number of hydrogen-bond donors (Lipinski definition) is 3. The van der Waals surface area contributed by atoms with Crippen LogP contribution in [0.3, 0.4) is 0 Å². The summed E-state index contributed by atoms with van der Waals surface area (Å²) in [5, 5.41) is 14.1. The van der Waals surface area contributed by atoms with Crippen LogP contribution in [0.2, 0.25) is 0 Å². The summed E-state index contributed by atoms with van der Waals surface area (Å²) >= 11 is 0. The molecule has 3 atom stereocenters. The molecule has 2 amide bonds. The molecule has 5 rings (SSSR count). The van der Waals surface area contributed by atoms with E-state index in [4.69, 9.17) is 19.3 Å². The van der Waals surface area contributed by atoms with Crippen LogP contribution in [0.15, 0.2) is 42.0 Å². The number of halogens is 3. The van der Waals surface area contributed by atoms with Crippen LogP contribution in [0.1, 0.15) is 54.4 Å². The molecular formula is C31H35F3N2O9. The fourth-order valence-electron chi connectivity index (χ4n) is 5.56. The number of fused-ring (bicyclic) bond motifs is 1. The van der Waals surface area contributed by atoms with Gasteiger partial charge in [-0.3, -0.25) is 9.59 Å². The summed E-state index contributed by atoms with van der Waals surface area (Å²) in [5.74, 6) is -2.88. The summed E-state index contributed by atoms with van der Waals surface area (Å²) in [6, 6.07) is 5.87. The Kier molecular flexibility index (Phi) is 9.94. The van der Waals surface area contributed by atoms with E-state index in [1.165, 1.54) is 30.3 Å². The highest BCUT2D eigenvalue weighted by atomic mass is 19.4. The molecule has 2 saturated carbocycles. The van der Waals surface area contributed by atoms with Crippen molar-refractivity contribution >= 4 is 29.8 Å². The van der Waals surface area contributed by atoms with Crippen LogP contribution >= 0.6 is 0 Å². The summed E-state index contributed by atoms with van der Waals surface area (Å²) < 4.78 is 59.8. The molecular weight excluding hydrogens is 601 g/mol. The average molecular weight is 637 g/mol. The minimum absolute atomic E-state index is 0.0233. The van der Waals surface area contributed by atoms with Gasteiger partial charge >= 0.3 is 18.1 Å². The second-order valence-corrected chi connectivity index (χ2v) is 11.5. The van der Waals surface area contributed by atoms with Gasteiger partial charge in [0.2, 0.25) is 11.8 Å². The second-order valence-electron chi connectivity index (χ2n) is 11.5. The molecule has 11 nitrogen and oxygen atoms in total. The Morgan fingerprint density at radius 2 is 1.69 bits per heavy atom. The van der Waals surface area contributed by atoms with Crippen molar-refractivity contribution in [1.82, 2.24) is 10.6 Å². The Labute approximate surface area is 257 Å². The Hall–Kier alpha value is -3.75. The van der Waals surface area contributed by atoms with Crippen molar-refractivity contribution in [1.29, 1.82) is 0 Å². The number of alkyl halides is 3. The van der Waals surface area contributed by atoms with Crippen molar-refractivity contribution < 1.29 is 56.4 Å². The number of aliphatic hydroxyl groups excluding tert-OH is 1. The average Bonchev–Trinajstić information content (AvgIpc) is 3.95. The lowest BCUT2D eigenvalue weighted by molar-refractivity contribution is -0.209. The zero-order chi connectivity index (χ0) is 32.2. The lowest BCUT2D eigenvalue weighted by Crippen LogP contribution is -2.44. The standard InChI is InChI=1S/C31H35F3N2O9/c32-30(33,34)17-42-26(39)10-3-18-1-4-19(5-2-18)29(41)43-23-15-20(28(40)36-12-11-25(38)35-13-14-37)16-24-27(23)45-31(44-24,21-6-7-21)22-8-9-22/h1-5,10,16,21-24,27,37H,6-9,11-15,17H2,(H,35,38)(H,36,40)/t23-,24-,27+/m1/s1. The van der Waals surface area contributed by atoms with Crippen LogP contribution in [0.25, 0.3) is 6.08 Å². The Morgan fingerprint density at radius 3 is 2.31 bits per heavy atom. The predicted octanol–water partition coefficient (Wildman–Crippen LogP) is 2.58. The summed E-state index contributed by atoms with van der Waals surface area (Å²) in [4.78, 5) is 49.7. The Morgan fingerprint density at radius 1 is 1.00 bits per heavy atom. The van der Waals surface area contributed by atoms with Crippen LogP contribution in [-0.4, -0.2) is 85.4 Å². The third kappa shape index (κ3) is 8.50. The van der Waals surface area contributed by atoms with Gasteiger partial charge in [0.15, 0.2) is 12.4 Å². The molecule has 4 aliphatic rings. The van der Waals surface area contributed by atoms with Crippen LogP contribution in [0.4, 0.5) is 13.2 Å². The third-order valence-corrected chi connectivity index (χ3v) is 7.97. The van der Waals surface area contributed by atoms with E-state index in [9.17, 15) is 32.3 Å². The first-order valence-electron chi connectivity index (χ1n) is 14.9. The molecule has 0 unspecified atom stereocenters. The van der Waals surface area contributed by atoms with Crippen molar-refractivity contribution in [2.75, 3.05) is 26.3 Å². The van der Waals surface area contributed by atoms with E-state index in [1.54, 1.807) is 6.08 Å². The highest BCUT2D eigenvalue weighted by molar-refractivity contribution is 5.94. The van der Waals surface area contributed by atoms with E-state index in [2.05, 4.69) is 15.4 Å². The lowest BCUT2D eigenvalue weighted by atomic mass is 9.91.